The molecule has 1 aromatic rings. The third-order valence-electron chi connectivity index (χ3n) is 2.87. The van der Waals surface area contributed by atoms with Crippen molar-refractivity contribution in [3.05, 3.63) is 10.8 Å². The van der Waals surface area contributed by atoms with Crippen molar-refractivity contribution in [2.75, 3.05) is 37.0 Å². The lowest BCUT2D eigenvalue weighted by Crippen LogP contribution is -2.37. The van der Waals surface area contributed by atoms with Crippen molar-refractivity contribution in [1.82, 2.24) is 9.97 Å². The van der Waals surface area contributed by atoms with Gasteiger partial charge in [-0.3, -0.25) is 0 Å². The Hall–Kier alpha value is -0.880. The molecule has 0 saturated heterocycles. The van der Waals surface area contributed by atoms with Crippen LogP contribution >= 0.6 is 15.9 Å². The molecule has 1 heterocycles. The number of nitrogens with zero attached hydrogens (tertiary/aromatic N) is 3. The van der Waals surface area contributed by atoms with Crippen molar-refractivity contribution < 1.29 is 4.74 Å². The summed E-state index contributed by atoms with van der Waals surface area (Å²) in [4.78, 5) is 10.9. The zero-order valence-corrected chi connectivity index (χ0v) is 13.7. The van der Waals surface area contributed by atoms with Crippen molar-refractivity contribution in [2.24, 2.45) is 0 Å². The van der Waals surface area contributed by atoms with Gasteiger partial charge in [0.05, 0.1) is 12.6 Å². The van der Waals surface area contributed by atoms with E-state index in [2.05, 4.69) is 56.9 Å². The Morgan fingerprint density at radius 2 is 2.16 bits per heavy atom. The molecular formula is C13H23BrN4O. The number of halogens is 1. The number of hydrogen-bond donors (Lipinski definition) is 1. The maximum absolute atomic E-state index is 5.23. The van der Waals surface area contributed by atoms with Gasteiger partial charge in [-0.1, -0.05) is 6.92 Å². The Morgan fingerprint density at radius 1 is 1.42 bits per heavy atom. The quantitative estimate of drug-likeness (QED) is 0.794. The Bertz CT molecular complexity index is 389. The van der Waals surface area contributed by atoms with Gasteiger partial charge in [0, 0.05) is 20.2 Å². The van der Waals surface area contributed by atoms with Crippen molar-refractivity contribution in [1.29, 1.82) is 0 Å². The highest BCUT2D eigenvalue weighted by Crippen LogP contribution is 2.30. The third-order valence-corrected chi connectivity index (χ3v) is 3.60. The van der Waals surface area contributed by atoms with Crippen LogP contribution in [0.3, 0.4) is 0 Å². The molecular weight excluding hydrogens is 308 g/mol. The summed E-state index contributed by atoms with van der Waals surface area (Å²) in [6.45, 7) is 8.80. The highest BCUT2D eigenvalue weighted by atomic mass is 79.9. The Kier molecular flexibility index (Phi) is 7.09. The van der Waals surface area contributed by atoms with Gasteiger partial charge in [-0.2, -0.15) is 0 Å². The summed E-state index contributed by atoms with van der Waals surface area (Å²) < 4.78 is 6.14. The van der Waals surface area contributed by atoms with Gasteiger partial charge in [-0.05, 0) is 36.2 Å². The molecule has 0 fully saturated rings. The lowest BCUT2D eigenvalue weighted by Gasteiger charge is -2.29. The zero-order valence-electron chi connectivity index (χ0n) is 12.1. The number of likely N-dealkylation sites (N-methyl/N-ethyl adjacent to an activating group) is 1. The molecule has 0 aliphatic rings. The first-order valence-electron chi connectivity index (χ1n) is 6.65. The summed E-state index contributed by atoms with van der Waals surface area (Å²) in [5, 5.41) is 3.30. The van der Waals surface area contributed by atoms with E-state index in [1.54, 1.807) is 13.4 Å². The van der Waals surface area contributed by atoms with Gasteiger partial charge in [0.15, 0.2) is 0 Å². The van der Waals surface area contributed by atoms with E-state index in [1.165, 1.54) is 0 Å². The molecule has 19 heavy (non-hydrogen) atoms. The van der Waals surface area contributed by atoms with Crippen LogP contribution in [0.4, 0.5) is 11.6 Å². The van der Waals surface area contributed by atoms with Crippen LogP contribution in [0, 0.1) is 0 Å². The molecule has 5 nitrogen and oxygen atoms in total. The first kappa shape index (κ1) is 16.2. The molecule has 0 spiro atoms. The summed E-state index contributed by atoms with van der Waals surface area (Å²) in [5.41, 5.74) is 0. The molecule has 0 amide bonds. The minimum atomic E-state index is 0.264. The molecule has 0 radical (unpaired) electrons. The molecule has 108 valence electrons. The predicted octanol–water partition coefficient (Wildman–Crippen LogP) is 2.92. The van der Waals surface area contributed by atoms with Crippen LogP contribution in [0.1, 0.15) is 27.2 Å². The number of rotatable bonds is 8. The van der Waals surface area contributed by atoms with E-state index in [1.807, 2.05) is 0 Å². The molecule has 6 heteroatoms. The normalized spacial score (nSPS) is 12.3. The van der Waals surface area contributed by atoms with E-state index < -0.39 is 0 Å². The predicted molar refractivity (Wildman–Crippen MR) is 82.9 cm³/mol. The van der Waals surface area contributed by atoms with Crippen LogP contribution in [0.2, 0.25) is 0 Å². The Morgan fingerprint density at radius 3 is 2.74 bits per heavy atom. The fourth-order valence-electron chi connectivity index (χ4n) is 1.93. The SMILES string of the molecule is CCCNc1ncnc(N(CC)C(C)COC)c1Br. The zero-order chi connectivity index (χ0) is 14.3. The molecule has 1 atom stereocenters. The number of aromatic nitrogens is 2. The van der Waals surface area contributed by atoms with Gasteiger partial charge in [0.2, 0.25) is 0 Å². The van der Waals surface area contributed by atoms with E-state index in [-0.39, 0.29) is 6.04 Å². The number of ether oxygens (including phenoxy) is 1. The van der Waals surface area contributed by atoms with Crippen LogP contribution in [-0.4, -0.2) is 42.8 Å². The molecule has 1 N–H and O–H groups in total. The second kappa shape index (κ2) is 8.32. The second-order valence-corrected chi connectivity index (χ2v) is 5.17. The standard InChI is InChI=1S/C13H23BrN4O/c1-5-7-15-12-11(14)13(17-9-16-12)18(6-2)10(3)8-19-4/h9-10H,5-8H2,1-4H3,(H,15,16,17). The first-order valence-corrected chi connectivity index (χ1v) is 7.44. The van der Waals surface area contributed by atoms with E-state index in [4.69, 9.17) is 4.74 Å². The van der Waals surface area contributed by atoms with Gasteiger partial charge >= 0.3 is 0 Å². The smallest absolute Gasteiger partial charge is 0.148 e. The molecule has 0 bridgehead atoms. The summed E-state index contributed by atoms with van der Waals surface area (Å²) in [6, 6.07) is 0.264. The van der Waals surface area contributed by atoms with Crippen molar-refractivity contribution >= 4 is 27.6 Å². The van der Waals surface area contributed by atoms with Crippen LogP contribution in [0.5, 0.6) is 0 Å². The average molecular weight is 331 g/mol. The summed E-state index contributed by atoms with van der Waals surface area (Å²) in [5.74, 6) is 1.75. The number of methoxy groups -OCH3 is 1. The minimum absolute atomic E-state index is 0.264. The first-order chi connectivity index (χ1) is 9.15. The lowest BCUT2D eigenvalue weighted by molar-refractivity contribution is 0.181. The number of hydrogen-bond acceptors (Lipinski definition) is 5. The maximum Gasteiger partial charge on any atom is 0.148 e. The fourth-order valence-corrected chi connectivity index (χ4v) is 2.50. The highest BCUT2D eigenvalue weighted by Gasteiger charge is 2.18. The van der Waals surface area contributed by atoms with Crippen LogP contribution < -0.4 is 10.2 Å². The van der Waals surface area contributed by atoms with E-state index in [9.17, 15) is 0 Å². The van der Waals surface area contributed by atoms with Crippen LogP contribution in [-0.2, 0) is 4.74 Å². The van der Waals surface area contributed by atoms with Gasteiger partial charge in [0.1, 0.15) is 22.4 Å². The average Bonchev–Trinajstić information content (AvgIpc) is 2.40. The lowest BCUT2D eigenvalue weighted by atomic mass is 10.3. The number of anilines is 2. The van der Waals surface area contributed by atoms with E-state index in [0.29, 0.717) is 6.61 Å². The van der Waals surface area contributed by atoms with Crippen molar-refractivity contribution in [3.63, 3.8) is 0 Å². The van der Waals surface area contributed by atoms with Gasteiger partial charge in [0.25, 0.3) is 0 Å². The third kappa shape index (κ3) is 4.31. The number of nitrogens with one attached hydrogen (secondary N) is 1. The van der Waals surface area contributed by atoms with E-state index >= 15 is 0 Å². The monoisotopic (exact) mass is 330 g/mol. The van der Waals surface area contributed by atoms with Crippen LogP contribution in [0.25, 0.3) is 0 Å². The molecule has 0 aromatic carbocycles. The molecule has 1 unspecified atom stereocenters. The van der Waals surface area contributed by atoms with Crippen LogP contribution in [0.15, 0.2) is 10.8 Å². The van der Waals surface area contributed by atoms with Gasteiger partial charge in [-0.15, -0.1) is 0 Å². The maximum atomic E-state index is 5.23. The van der Waals surface area contributed by atoms with E-state index in [0.717, 1.165) is 35.6 Å². The fraction of sp³-hybridized carbons (Fsp3) is 0.692. The van der Waals surface area contributed by atoms with Gasteiger partial charge in [-0.25, -0.2) is 9.97 Å². The molecule has 0 aliphatic heterocycles. The largest absolute Gasteiger partial charge is 0.383 e. The molecule has 0 aliphatic carbocycles. The summed E-state index contributed by atoms with van der Waals surface area (Å²) >= 11 is 3.60. The van der Waals surface area contributed by atoms with Gasteiger partial charge < -0.3 is 15.0 Å². The van der Waals surface area contributed by atoms with Crippen molar-refractivity contribution in [3.8, 4) is 0 Å². The van der Waals surface area contributed by atoms with Crippen molar-refractivity contribution in [2.45, 2.75) is 33.2 Å². The molecule has 0 saturated carbocycles. The Labute approximate surface area is 123 Å². The highest BCUT2D eigenvalue weighted by molar-refractivity contribution is 9.10. The molecule has 1 rings (SSSR count). The topological polar surface area (TPSA) is 50.3 Å². The Balaban J connectivity index is 2.97. The summed E-state index contributed by atoms with van der Waals surface area (Å²) in [7, 11) is 1.72. The minimum Gasteiger partial charge on any atom is -0.383 e. The summed E-state index contributed by atoms with van der Waals surface area (Å²) in [6.07, 6.45) is 2.66. The molecule has 1 aromatic heterocycles. The second-order valence-electron chi connectivity index (χ2n) is 4.38.